The van der Waals surface area contributed by atoms with E-state index in [0.717, 1.165) is 30.8 Å². The molecule has 3 heterocycles. The van der Waals surface area contributed by atoms with Gasteiger partial charge in [-0.25, -0.2) is 0 Å². The maximum atomic E-state index is 10.2. The van der Waals surface area contributed by atoms with Crippen LogP contribution >= 0.6 is 11.3 Å². The van der Waals surface area contributed by atoms with Crippen LogP contribution in [0.25, 0.3) is 0 Å². The van der Waals surface area contributed by atoms with Gasteiger partial charge in [0.2, 0.25) is 0 Å². The van der Waals surface area contributed by atoms with E-state index in [1.54, 1.807) is 11.3 Å². The van der Waals surface area contributed by atoms with E-state index >= 15 is 0 Å². The third-order valence-corrected chi connectivity index (χ3v) is 4.77. The van der Waals surface area contributed by atoms with Gasteiger partial charge < -0.3 is 14.4 Å². The highest BCUT2D eigenvalue weighted by Gasteiger charge is 2.30. The molecule has 0 amide bonds. The van der Waals surface area contributed by atoms with Crippen LogP contribution in [0.2, 0.25) is 0 Å². The summed E-state index contributed by atoms with van der Waals surface area (Å²) in [6.45, 7) is 4.44. The van der Waals surface area contributed by atoms with Crippen LogP contribution in [-0.4, -0.2) is 41.0 Å². The van der Waals surface area contributed by atoms with Crippen LogP contribution in [0.15, 0.2) is 28.1 Å². The predicted molar refractivity (Wildman–Crippen MR) is 84.8 cm³/mol. The molecule has 1 aliphatic heterocycles. The fraction of sp³-hybridized carbons (Fsp3) is 0.562. The second-order valence-electron chi connectivity index (χ2n) is 5.77. The number of hydrogen-bond donors (Lipinski definition) is 1. The molecule has 0 unspecified atom stereocenters. The lowest BCUT2D eigenvalue weighted by Gasteiger charge is -2.24. The van der Waals surface area contributed by atoms with Gasteiger partial charge in [0, 0.05) is 17.5 Å². The number of nitrogens with zero attached hydrogens (tertiary/aromatic N) is 2. The number of hydrogen-bond acceptors (Lipinski definition) is 6. The quantitative estimate of drug-likeness (QED) is 0.849. The fourth-order valence-corrected chi connectivity index (χ4v) is 3.56. The zero-order chi connectivity index (χ0) is 15.4. The SMILES string of the molecule is Cc1cc([C@H]2CCCN2C[C@H](O)COCc2cccs2)on1. The Kier molecular flexibility index (Phi) is 5.25. The highest BCUT2D eigenvalue weighted by atomic mass is 32.1. The Labute approximate surface area is 134 Å². The summed E-state index contributed by atoms with van der Waals surface area (Å²) in [4.78, 5) is 3.45. The average Bonchev–Trinajstić information content (AvgIpc) is 3.20. The predicted octanol–water partition coefficient (Wildman–Crippen LogP) is 2.76. The Morgan fingerprint density at radius 1 is 1.59 bits per heavy atom. The van der Waals surface area contributed by atoms with Gasteiger partial charge in [-0.15, -0.1) is 11.3 Å². The van der Waals surface area contributed by atoms with Crippen LogP contribution < -0.4 is 0 Å². The second-order valence-corrected chi connectivity index (χ2v) is 6.80. The molecule has 6 heteroatoms. The molecule has 1 N–H and O–H groups in total. The molecular weight excluding hydrogens is 300 g/mol. The molecule has 0 saturated carbocycles. The van der Waals surface area contributed by atoms with Gasteiger partial charge in [-0.05, 0) is 37.8 Å². The molecule has 5 nitrogen and oxygen atoms in total. The lowest BCUT2D eigenvalue weighted by molar-refractivity contribution is 0.00687. The number of aliphatic hydroxyl groups excluding tert-OH is 1. The van der Waals surface area contributed by atoms with Gasteiger partial charge in [0.05, 0.1) is 31.1 Å². The van der Waals surface area contributed by atoms with Gasteiger partial charge >= 0.3 is 0 Å². The number of thiophene rings is 1. The number of likely N-dealkylation sites (tertiary alicyclic amines) is 1. The van der Waals surface area contributed by atoms with Gasteiger partial charge in [-0.1, -0.05) is 11.2 Å². The Morgan fingerprint density at radius 3 is 3.23 bits per heavy atom. The van der Waals surface area contributed by atoms with E-state index < -0.39 is 6.10 Å². The summed E-state index contributed by atoms with van der Waals surface area (Å²) in [5.74, 6) is 0.904. The van der Waals surface area contributed by atoms with E-state index in [0.29, 0.717) is 19.8 Å². The van der Waals surface area contributed by atoms with E-state index in [4.69, 9.17) is 9.26 Å². The van der Waals surface area contributed by atoms with Crippen molar-refractivity contribution in [3.05, 3.63) is 39.9 Å². The number of ether oxygens (including phenoxy) is 1. The van der Waals surface area contributed by atoms with Crippen molar-refractivity contribution in [1.82, 2.24) is 10.1 Å². The third-order valence-electron chi connectivity index (χ3n) is 3.92. The van der Waals surface area contributed by atoms with Crippen LogP contribution in [-0.2, 0) is 11.3 Å². The number of aliphatic hydroxyl groups is 1. The maximum absolute atomic E-state index is 10.2. The molecule has 0 bridgehead atoms. The van der Waals surface area contributed by atoms with Crippen LogP contribution in [0.5, 0.6) is 0 Å². The Morgan fingerprint density at radius 2 is 2.50 bits per heavy atom. The smallest absolute Gasteiger partial charge is 0.154 e. The Bertz CT molecular complexity index is 570. The number of rotatable bonds is 7. The minimum atomic E-state index is -0.482. The highest BCUT2D eigenvalue weighted by Crippen LogP contribution is 2.32. The summed E-state index contributed by atoms with van der Waals surface area (Å²) in [5.41, 5.74) is 0.904. The maximum Gasteiger partial charge on any atom is 0.154 e. The summed E-state index contributed by atoms with van der Waals surface area (Å²) in [6.07, 6.45) is 1.69. The van der Waals surface area contributed by atoms with Crippen molar-refractivity contribution in [2.45, 2.75) is 38.5 Å². The van der Waals surface area contributed by atoms with Crippen molar-refractivity contribution < 1.29 is 14.4 Å². The molecule has 2 aromatic heterocycles. The minimum absolute atomic E-state index is 0.230. The first kappa shape index (κ1) is 15.7. The average molecular weight is 322 g/mol. The Balaban J connectivity index is 1.46. The summed E-state index contributed by atoms with van der Waals surface area (Å²) in [5, 5.41) is 16.2. The summed E-state index contributed by atoms with van der Waals surface area (Å²) < 4.78 is 11.0. The van der Waals surface area contributed by atoms with Gasteiger partial charge in [0.1, 0.15) is 0 Å². The molecule has 0 radical (unpaired) electrons. The number of aromatic nitrogens is 1. The zero-order valence-electron chi connectivity index (χ0n) is 12.8. The van der Waals surface area contributed by atoms with Gasteiger partial charge in [-0.2, -0.15) is 0 Å². The normalized spacial score (nSPS) is 20.5. The summed E-state index contributed by atoms with van der Waals surface area (Å²) in [7, 11) is 0. The first-order chi connectivity index (χ1) is 10.7. The molecule has 0 aliphatic carbocycles. The van der Waals surface area contributed by atoms with Crippen LogP contribution in [0.1, 0.15) is 35.2 Å². The molecule has 1 fully saturated rings. The lowest BCUT2D eigenvalue weighted by atomic mass is 10.1. The molecule has 0 aromatic carbocycles. The van der Waals surface area contributed by atoms with Crippen LogP contribution in [0.4, 0.5) is 0 Å². The fourth-order valence-electron chi connectivity index (χ4n) is 2.92. The van der Waals surface area contributed by atoms with Crippen molar-refractivity contribution in [2.75, 3.05) is 19.7 Å². The van der Waals surface area contributed by atoms with Crippen molar-refractivity contribution >= 4 is 11.3 Å². The van der Waals surface area contributed by atoms with Crippen molar-refractivity contribution in [2.24, 2.45) is 0 Å². The molecule has 1 aliphatic rings. The van der Waals surface area contributed by atoms with Gasteiger partial charge in [0.15, 0.2) is 5.76 Å². The molecule has 2 atom stereocenters. The van der Waals surface area contributed by atoms with E-state index in [-0.39, 0.29) is 6.04 Å². The van der Waals surface area contributed by atoms with Crippen molar-refractivity contribution in [1.29, 1.82) is 0 Å². The minimum Gasteiger partial charge on any atom is -0.389 e. The van der Waals surface area contributed by atoms with E-state index in [1.807, 2.05) is 30.5 Å². The lowest BCUT2D eigenvalue weighted by Crippen LogP contribution is -2.34. The monoisotopic (exact) mass is 322 g/mol. The number of aryl methyl sites for hydroxylation is 1. The molecule has 120 valence electrons. The topological polar surface area (TPSA) is 58.7 Å². The van der Waals surface area contributed by atoms with E-state index in [9.17, 15) is 5.11 Å². The Hall–Kier alpha value is -1.21. The van der Waals surface area contributed by atoms with Crippen LogP contribution in [0.3, 0.4) is 0 Å². The van der Waals surface area contributed by atoms with E-state index in [1.165, 1.54) is 4.88 Å². The van der Waals surface area contributed by atoms with Gasteiger partial charge in [-0.3, -0.25) is 4.90 Å². The molecule has 2 aromatic rings. The standard InChI is InChI=1S/C16H22N2O3S/c1-12-8-16(21-17-12)15-5-2-6-18(15)9-13(19)10-20-11-14-4-3-7-22-14/h3-4,7-8,13,15,19H,2,5-6,9-11H2,1H3/t13-,15+/m0/s1. The molecule has 3 rings (SSSR count). The third kappa shape index (κ3) is 3.95. The number of β-amino-alcohol motifs (C(OH)–C–C–N with tert-alkyl or cyclic N) is 1. The van der Waals surface area contributed by atoms with E-state index in [2.05, 4.69) is 10.1 Å². The molecule has 22 heavy (non-hydrogen) atoms. The molecule has 0 spiro atoms. The highest BCUT2D eigenvalue weighted by molar-refractivity contribution is 7.09. The molecule has 1 saturated heterocycles. The summed E-state index contributed by atoms with van der Waals surface area (Å²) in [6, 6.07) is 6.27. The van der Waals surface area contributed by atoms with Crippen molar-refractivity contribution in [3.63, 3.8) is 0 Å². The first-order valence-electron chi connectivity index (χ1n) is 7.68. The van der Waals surface area contributed by atoms with Crippen molar-refractivity contribution in [3.8, 4) is 0 Å². The van der Waals surface area contributed by atoms with Crippen LogP contribution in [0, 0.1) is 6.92 Å². The summed E-state index contributed by atoms with van der Waals surface area (Å²) >= 11 is 1.67. The first-order valence-corrected chi connectivity index (χ1v) is 8.56. The second kappa shape index (κ2) is 7.37. The van der Waals surface area contributed by atoms with Gasteiger partial charge in [0.25, 0.3) is 0 Å². The molecular formula is C16H22N2O3S. The zero-order valence-corrected chi connectivity index (χ0v) is 13.6. The largest absolute Gasteiger partial charge is 0.389 e.